The number of rotatable bonds is 6. The average Bonchev–Trinajstić information content (AvgIpc) is 3.30. The summed E-state index contributed by atoms with van der Waals surface area (Å²) < 4.78 is 0. The highest BCUT2D eigenvalue weighted by Crippen LogP contribution is 2.39. The number of carboxylic acid groups (broad SMARTS) is 1. The summed E-state index contributed by atoms with van der Waals surface area (Å²) in [4.78, 5) is 11.1. The minimum atomic E-state index is -0.855. The molecule has 0 heterocycles. The van der Waals surface area contributed by atoms with Gasteiger partial charge >= 0.3 is 5.97 Å². The Balaban J connectivity index is 2.17. The molecular formula is C22H20O4. The van der Waals surface area contributed by atoms with Gasteiger partial charge in [-0.1, -0.05) is 36.9 Å². The molecule has 0 saturated heterocycles. The van der Waals surface area contributed by atoms with Crippen molar-refractivity contribution in [3.05, 3.63) is 89.0 Å². The fraction of sp³-hybridized carbons (Fsp3) is 0.136. The van der Waals surface area contributed by atoms with Gasteiger partial charge in [0.05, 0.1) is 0 Å². The summed E-state index contributed by atoms with van der Waals surface area (Å²) in [6.45, 7) is 3.95. The Morgan fingerprint density at radius 1 is 0.923 bits per heavy atom. The quantitative estimate of drug-likeness (QED) is 0.710. The molecule has 4 nitrogen and oxygen atoms in total. The first-order valence-corrected chi connectivity index (χ1v) is 8.36. The van der Waals surface area contributed by atoms with Crippen LogP contribution in [0.25, 0.3) is 5.57 Å². The normalized spacial score (nSPS) is 14.3. The fourth-order valence-corrected chi connectivity index (χ4v) is 2.85. The second-order valence-electron chi connectivity index (χ2n) is 6.34. The Morgan fingerprint density at radius 3 is 1.77 bits per heavy atom. The van der Waals surface area contributed by atoms with Crippen LogP contribution in [0.3, 0.4) is 0 Å². The number of carboxylic acids is 1. The highest BCUT2D eigenvalue weighted by Gasteiger charge is 2.20. The number of phenols is 2. The van der Waals surface area contributed by atoms with E-state index in [1.165, 1.54) is 0 Å². The molecule has 1 aliphatic rings. The standard InChI is InChI=1S/C22H20O4/c1-14-12-18(14)13-17(6-11-21(25)26)22(15-2-7-19(23)8-3-15)16-4-9-20(24)10-5-16/h2-5,7-10,13,23-24H,1,6,11-12H2,(H,25,26)/b18-13-. The van der Waals surface area contributed by atoms with E-state index in [2.05, 4.69) is 6.58 Å². The molecule has 2 aromatic rings. The maximum atomic E-state index is 11.1. The van der Waals surface area contributed by atoms with E-state index in [9.17, 15) is 15.0 Å². The lowest BCUT2D eigenvalue weighted by molar-refractivity contribution is -0.136. The molecule has 3 N–H and O–H groups in total. The van der Waals surface area contributed by atoms with Crippen molar-refractivity contribution in [1.82, 2.24) is 0 Å². The molecule has 0 bridgehead atoms. The van der Waals surface area contributed by atoms with E-state index in [1.807, 2.05) is 6.08 Å². The van der Waals surface area contributed by atoms with Crippen molar-refractivity contribution in [2.24, 2.45) is 0 Å². The van der Waals surface area contributed by atoms with Gasteiger partial charge in [-0.15, -0.1) is 0 Å². The van der Waals surface area contributed by atoms with Crippen LogP contribution < -0.4 is 0 Å². The highest BCUT2D eigenvalue weighted by molar-refractivity contribution is 5.85. The highest BCUT2D eigenvalue weighted by atomic mass is 16.4. The predicted octanol–water partition coefficient (Wildman–Crippen LogP) is 4.65. The van der Waals surface area contributed by atoms with Gasteiger partial charge in [0.2, 0.25) is 0 Å². The molecule has 0 spiro atoms. The van der Waals surface area contributed by atoms with Gasteiger partial charge in [0.25, 0.3) is 0 Å². The van der Waals surface area contributed by atoms with Crippen LogP contribution >= 0.6 is 0 Å². The lowest BCUT2D eigenvalue weighted by atomic mass is 9.90. The molecule has 0 aromatic heterocycles. The smallest absolute Gasteiger partial charge is 0.303 e. The van der Waals surface area contributed by atoms with Crippen LogP contribution in [0.15, 0.2) is 77.9 Å². The van der Waals surface area contributed by atoms with Crippen molar-refractivity contribution < 1.29 is 20.1 Å². The van der Waals surface area contributed by atoms with Crippen LogP contribution in [0, 0.1) is 0 Å². The molecule has 3 rings (SSSR count). The summed E-state index contributed by atoms with van der Waals surface area (Å²) in [6, 6.07) is 13.6. The third kappa shape index (κ3) is 4.22. The maximum Gasteiger partial charge on any atom is 0.303 e. The first-order valence-electron chi connectivity index (χ1n) is 8.36. The van der Waals surface area contributed by atoms with Crippen molar-refractivity contribution in [2.45, 2.75) is 19.3 Å². The molecule has 1 saturated carbocycles. The third-order valence-electron chi connectivity index (χ3n) is 4.32. The molecule has 0 radical (unpaired) electrons. The van der Waals surface area contributed by atoms with Crippen LogP contribution in [0.2, 0.25) is 0 Å². The van der Waals surface area contributed by atoms with Gasteiger partial charge in [-0.25, -0.2) is 0 Å². The van der Waals surface area contributed by atoms with Crippen LogP contribution in [-0.4, -0.2) is 21.3 Å². The van der Waals surface area contributed by atoms with E-state index in [1.54, 1.807) is 48.5 Å². The molecule has 0 unspecified atom stereocenters. The van der Waals surface area contributed by atoms with Crippen molar-refractivity contribution in [3.63, 3.8) is 0 Å². The molecule has 4 heteroatoms. The molecule has 26 heavy (non-hydrogen) atoms. The van der Waals surface area contributed by atoms with Crippen molar-refractivity contribution in [3.8, 4) is 11.5 Å². The van der Waals surface area contributed by atoms with Crippen LogP contribution in [0.4, 0.5) is 0 Å². The van der Waals surface area contributed by atoms with E-state index >= 15 is 0 Å². The lowest BCUT2D eigenvalue weighted by Crippen LogP contribution is -1.99. The topological polar surface area (TPSA) is 77.8 Å². The van der Waals surface area contributed by atoms with Gasteiger partial charge in [0.15, 0.2) is 0 Å². The number of hydrogen-bond donors (Lipinski definition) is 3. The summed E-state index contributed by atoms with van der Waals surface area (Å²) in [5.41, 5.74) is 5.72. The lowest BCUT2D eigenvalue weighted by Gasteiger charge is -2.14. The van der Waals surface area contributed by atoms with Crippen LogP contribution in [-0.2, 0) is 4.79 Å². The Hall–Kier alpha value is -3.27. The SMILES string of the molecule is C=C1C/C1=C/C(CCC(=O)O)=C(c1ccc(O)cc1)c1ccc(O)cc1. The van der Waals surface area contributed by atoms with E-state index in [4.69, 9.17) is 5.11 Å². The van der Waals surface area contributed by atoms with Crippen LogP contribution in [0.5, 0.6) is 11.5 Å². The minimum Gasteiger partial charge on any atom is -0.508 e. The number of allylic oxidation sites excluding steroid dienone is 4. The number of hydrogen-bond acceptors (Lipinski definition) is 3. The van der Waals surface area contributed by atoms with E-state index in [-0.39, 0.29) is 17.9 Å². The van der Waals surface area contributed by atoms with E-state index < -0.39 is 5.97 Å². The Bertz CT molecular complexity index is 853. The molecular weight excluding hydrogens is 328 g/mol. The number of phenolic OH excluding ortho intramolecular Hbond substituents is 2. The van der Waals surface area contributed by atoms with E-state index in [0.29, 0.717) is 6.42 Å². The maximum absolute atomic E-state index is 11.1. The van der Waals surface area contributed by atoms with Gasteiger partial charge in [0, 0.05) is 6.42 Å². The second kappa shape index (κ2) is 7.31. The largest absolute Gasteiger partial charge is 0.508 e. The number of aromatic hydroxyl groups is 2. The zero-order valence-electron chi connectivity index (χ0n) is 14.3. The van der Waals surface area contributed by atoms with Gasteiger partial charge in [-0.2, -0.15) is 0 Å². The summed E-state index contributed by atoms with van der Waals surface area (Å²) >= 11 is 0. The summed E-state index contributed by atoms with van der Waals surface area (Å²) in [7, 11) is 0. The first kappa shape index (κ1) is 17.5. The molecule has 1 aliphatic carbocycles. The zero-order valence-corrected chi connectivity index (χ0v) is 14.3. The number of benzene rings is 2. The number of aliphatic carboxylic acids is 1. The Labute approximate surface area is 152 Å². The van der Waals surface area contributed by atoms with Crippen molar-refractivity contribution in [2.75, 3.05) is 0 Å². The van der Waals surface area contributed by atoms with Gasteiger partial charge in [-0.05, 0) is 70.5 Å². The molecule has 0 atom stereocenters. The summed E-state index contributed by atoms with van der Waals surface area (Å²) in [6.07, 6.45) is 3.25. The van der Waals surface area contributed by atoms with Crippen molar-refractivity contribution in [1.29, 1.82) is 0 Å². The molecule has 132 valence electrons. The van der Waals surface area contributed by atoms with Crippen LogP contribution in [0.1, 0.15) is 30.4 Å². The predicted molar refractivity (Wildman–Crippen MR) is 101 cm³/mol. The van der Waals surface area contributed by atoms with Gasteiger partial charge in [-0.3, -0.25) is 4.79 Å². The second-order valence-corrected chi connectivity index (χ2v) is 6.34. The molecule has 0 aliphatic heterocycles. The fourth-order valence-electron chi connectivity index (χ4n) is 2.85. The average molecular weight is 348 g/mol. The van der Waals surface area contributed by atoms with Crippen molar-refractivity contribution >= 4 is 11.5 Å². The minimum absolute atomic E-state index is 0.0191. The van der Waals surface area contributed by atoms with Gasteiger partial charge in [0.1, 0.15) is 11.5 Å². The Kier molecular flexibility index (Phi) is 4.94. The number of carbonyl (C=O) groups is 1. The summed E-state index contributed by atoms with van der Waals surface area (Å²) in [5.74, 6) is -0.522. The molecule has 1 fully saturated rings. The molecule has 2 aromatic carbocycles. The zero-order chi connectivity index (χ0) is 18.7. The van der Waals surface area contributed by atoms with Gasteiger partial charge < -0.3 is 15.3 Å². The molecule has 0 amide bonds. The monoisotopic (exact) mass is 348 g/mol. The third-order valence-corrected chi connectivity index (χ3v) is 4.32. The Morgan fingerprint density at radius 2 is 1.38 bits per heavy atom. The first-order chi connectivity index (χ1) is 12.4. The summed E-state index contributed by atoms with van der Waals surface area (Å²) in [5, 5.41) is 28.3. The van der Waals surface area contributed by atoms with E-state index in [0.717, 1.165) is 39.8 Å².